The van der Waals surface area contributed by atoms with Gasteiger partial charge in [0.25, 0.3) is 0 Å². The number of nitrogens with zero attached hydrogens (tertiary/aromatic N) is 5. The number of hydrogen-bond acceptors (Lipinski definition) is 6. The largest absolute Gasteiger partial charge is 0.338 e. The van der Waals surface area contributed by atoms with E-state index in [-0.39, 0.29) is 5.54 Å². The molecule has 170 valence electrons. The van der Waals surface area contributed by atoms with Gasteiger partial charge in [-0.15, -0.1) is 0 Å². The van der Waals surface area contributed by atoms with Crippen molar-refractivity contribution in [2.24, 2.45) is 5.73 Å². The van der Waals surface area contributed by atoms with Gasteiger partial charge in [-0.1, -0.05) is 36.4 Å². The highest BCUT2D eigenvalue weighted by atomic mass is 15.2. The standard InChI is InChI=1S/C28H23N7/c29-28(12-4-13-28)19-10-8-18(9-11-19)25-24(22-17-30-15-16-31-22)34-27-20-5-1-2-6-21(20)33-26-23(35(25)27)7-3-14-32-26/h1-3,5-11,14-17H,4,12-13,29H2,(H,32,33). The third kappa shape index (κ3) is 3.09. The molecule has 3 aromatic heterocycles. The van der Waals surface area contributed by atoms with Gasteiger partial charge in [0.15, 0.2) is 5.82 Å². The molecule has 1 aliphatic heterocycles. The molecule has 1 saturated carbocycles. The molecule has 7 rings (SSSR count). The van der Waals surface area contributed by atoms with Crippen molar-refractivity contribution >= 4 is 11.5 Å². The Labute approximate surface area is 202 Å². The highest BCUT2D eigenvalue weighted by Crippen LogP contribution is 2.44. The van der Waals surface area contributed by atoms with E-state index >= 15 is 0 Å². The zero-order chi connectivity index (χ0) is 23.4. The van der Waals surface area contributed by atoms with Gasteiger partial charge in [-0.2, -0.15) is 0 Å². The van der Waals surface area contributed by atoms with E-state index in [0.29, 0.717) is 0 Å². The molecule has 0 saturated heterocycles. The first-order valence-corrected chi connectivity index (χ1v) is 11.8. The van der Waals surface area contributed by atoms with Crippen LogP contribution < -0.4 is 11.1 Å². The quantitative estimate of drug-likeness (QED) is 0.367. The maximum absolute atomic E-state index is 6.61. The Hall–Kier alpha value is -4.36. The summed E-state index contributed by atoms with van der Waals surface area (Å²) >= 11 is 0. The second-order valence-electron chi connectivity index (χ2n) is 9.19. The van der Waals surface area contributed by atoms with E-state index in [0.717, 1.165) is 64.1 Å². The molecular formula is C28H23N7. The molecular weight excluding hydrogens is 434 g/mol. The molecule has 4 heterocycles. The Balaban J connectivity index is 1.53. The number of pyridine rings is 1. The predicted molar refractivity (Wildman–Crippen MR) is 136 cm³/mol. The van der Waals surface area contributed by atoms with Crippen LogP contribution in [0.25, 0.3) is 39.7 Å². The molecule has 3 N–H and O–H groups in total. The number of para-hydroxylation sites is 1. The first kappa shape index (κ1) is 20.1. The monoisotopic (exact) mass is 457 g/mol. The Morgan fingerprint density at radius 3 is 2.51 bits per heavy atom. The summed E-state index contributed by atoms with van der Waals surface area (Å²) < 4.78 is 2.18. The van der Waals surface area contributed by atoms with E-state index in [2.05, 4.69) is 61.2 Å². The number of nitrogens with one attached hydrogen (secondary N) is 1. The second-order valence-corrected chi connectivity index (χ2v) is 9.19. The van der Waals surface area contributed by atoms with E-state index in [1.165, 1.54) is 12.0 Å². The van der Waals surface area contributed by atoms with Gasteiger partial charge in [-0.3, -0.25) is 14.5 Å². The summed E-state index contributed by atoms with van der Waals surface area (Å²) in [6.45, 7) is 0. The molecule has 1 aliphatic carbocycles. The van der Waals surface area contributed by atoms with Crippen molar-refractivity contribution in [2.45, 2.75) is 24.8 Å². The lowest BCUT2D eigenvalue weighted by Crippen LogP contribution is -2.43. The van der Waals surface area contributed by atoms with Crippen LogP contribution in [0.3, 0.4) is 0 Å². The first-order chi connectivity index (χ1) is 17.2. The number of hydrogen-bond donors (Lipinski definition) is 2. The fourth-order valence-electron chi connectivity index (χ4n) is 5.10. The number of aromatic nitrogens is 5. The summed E-state index contributed by atoms with van der Waals surface area (Å²) in [4.78, 5) is 18.7. The average Bonchev–Trinajstić information content (AvgIpc) is 3.22. The zero-order valence-electron chi connectivity index (χ0n) is 19.0. The summed E-state index contributed by atoms with van der Waals surface area (Å²) in [6, 6.07) is 20.8. The maximum atomic E-state index is 6.61. The van der Waals surface area contributed by atoms with Crippen LogP contribution in [0.5, 0.6) is 0 Å². The maximum Gasteiger partial charge on any atom is 0.154 e. The number of fused-ring (bicyclic) bond motifs is 5. The molecule has 7 nitrogen and oxygen atoms in total. The Morgan fingerprint density at radius 1 is 0.886 bits per heavy atom. The molecule has 0 unspecified atom stereocenters. The number of benzene rings is 2. The lowest BCUT2D eigenvalue weighted by atomic mass is 9.72. The van der Waals surface area contributed by atoms with Crippen LogP contribution >= 0.6 is 0 Å². The summed E-state index contributed by atoms with van der Waals surface area (Å²) in [6.07, 6.45) is 10.2. The normalized spacial score (nSPS) is 15.1. The topological polar surface area (TPSA) is 94.5 Å². The molecule has 0 amide bonds. The fourth-order valence-corrected chi connectivity index (χ4v) is 5.10. The SMILES string of the molecule is NC1(c2ccc(-c3c(-c4cnccn4)nc4n3-c3cccnc3Nc3ccccc3-4)cc2)CCC1. The fraction of sp³-hybridized carbons (Fsp3) is 0.143. The molecule has 0 bridgehead atoms. The molecule has 35 heavy (non-hydrogen) atoms. The lowest BCUT2D eigenvalue weighted by Gasteiger charge is -2.38. The Morgan fingerprint density at radius 2 is 1.74 bits per heavy atom. The minimum atomic E-state index is -0.208. The van der Waals surface area contributed by atoms with Gasteiger partial charge < -0.3 is 11.1 Å². The van der Waals surface area contributed by atoms with Crippen molar-refractivity contribution in [3.05, 3.63) is 91.0 Å². The summed E-state index contributed by atoms with van der Waals surface area (Å²) in [5, 5.41) is 3.50. The number of anilines is 2. The van der Waals surface area contributed by atoms with Crippen molar-refractivity contribution in [2.75, 3.05) is 5.32 Å². The van der Waals surface area contributed by atoms with Crippen LogP contribution in [-0.2, 0) is 5.54 Å². The molecule has 2 aromatic carbocycles. The zero-order valence-corrected chi connectivity index (χ0v) is 19.0. The average molecular weight is 458 g/mol. The molecule has 0 atom stereocenters. The number of nitrogens with two attached hydrogens (primary N) is 1. The molecule has 7 heteroatoms. The van der Waals surface area contributed by atoms with Crippen LogP contribution in [0.1, 0.15) is 24.8 Å². The summed E-state index contributed by atoms with van der Waals surface area (Å²) in [5.74, 6) is 1.60. The second kappa shape index (κ2) is 7.58. The Bertz CT molecular complexity index is 1550. The number of rotatable bonds is 3. The van der Waals surface area contributed by atoms with Gasteiger partial charge in [0.05, 0.1) is 23.3 Å². The van der Waals surface area contributed by atoms with Gasteiger partial charge in [0.1, 0.15) is 17.2 Å². The molecule has 1 fully saturated rings. The van der Waals surface area contributed by atoms with Crippen molar-refractivity contribution in [1.82, 2.24) is 24.5 Å². The Kier molecular flexibility index (Phi) is 4.34. The lowest BCUT2D eigenvalue weighted by molar-refractivity contribution is 0.253. The van der Waals surface area contributed by atoms with Gasteiger partial charge in [-0.05, 0) is 49.1 Å². The molecule has 5 aromatic rings. The molecule has 0 radical (unpaired) electrons. The van der Waals surface area contributed by atoms with E-state index in [4.69, 9.17) is 10.7 Å². The first-order valence-electron chi connectivity index (χ1n) is 11.8. The van der Waals surface area contributed by atoms with Gasteiger partial charge in [0.2, 0.25) is 0 Å². The van der Waals surface area contributed by atoms with E-state index in [9.17, 15) is 0 Å². The van der Waals surface area contributed by atoms with Crippen LogP contribution in [0, 0.1) is 0 Å². The van der Waals surface area contributed by atoms with Crippen LogP contribution in [0.15, 0.2) is 85.5 Å². The minimum absolute atomic E-state index is 0.208. The summed E-state index contributed by atoms with van der Waals surface area (Å²) in [5.41, 5.74) is 13.9. The van der Waals surface area contributed by atoms with Crippen LogP contribution in [-0.4, -0.2) is 24.5 Å². The third-order valence-electron chi connectivity index (χ3n) is 7.11. The highest BCUT2D eigenvalue weighted by molar-refractivity contribution is 5.90. The van der Waals surface area contributed by atoms with E-state index in [1.54, 1.807) is 24.8 Å². The molecule has 0 spiro atoms. The van der Waals surface area contributed by atoms with Crippen LogP contribution in [0.4, 0.5) is 11.5 Å². The van der Waals surface area contributed by atoms with Crippen molar-refractivity contribution in [3.8, 4) is 39.7 Å². The van der Waals surface area contributed by atoms with Crippen molar-refractivity contribution in [1.29, 1.82) is 0 Å². The van der Waals surface area contributed by atoms with Crippen molar-refractivity contribution < 1.29 is 0 Å². The van der Waals surface area contributed by atoms with Crippen molar-refractivity contribution in [3.63, 3.8) is 0 Å². The molecule has 2 aliphatic rings. The van der Waals surface area contributed by atoms with Gasteiger partial charge in [-0.25, -0.2) is 9.97 Å². The van der Waals surface area contributed by atoms with Gasteiger partial charge in [0, 0.05) is 35.3 Å². The van der Waals surface area contributed by atoms with Gasteiger partial charge >= 0.3 is 0 Å². The minimum Gasteiger partial charge on any atom is -0.338 e. The predicted octanol–water partition coefficient (Wildman–Crippen LogP) is 5.45. The smallest absolute Gasteiger partial charge is 0.154 e. The highest BCUT2D eigenvalue weighted by Gasteiger charge is 2.34. The van der Waals surface area contributed by atoms with E-state index < -0.39 is 0 Å². The summed E-state index contributed by atoms with van der Waals surface area (Å²) in [7, 11) is 0. The van der Waals surface area contributed by atoms with E-state index in [1.807, 2.05) is 24.3 Å². The number of imidazole rings is 1. The van der Waals surface area contributed by atoms with Crippen LogP contribution in [0.2, 0.25) is 0 Å². The third-order valence-corrected chi connectivity index (χ3v) is 7.11.